The number of aryl methyl sites for hydroxylation is 2. The first kappa shape index (κ1) is 22.0. The summed E-state index contributed by atoms with van der Waals surface area (Å²) in [5.41, 5.74) is 4.13. The quantitative estimate of drug-likeness (QED) is 0.354. The van der Waals surface area contributed by atoms with E-state index in [9.17, 15) is 13.2 Å². The average Bonchev–Trinajstić information content (AvgIpc) is 2.78. The average molecular weight is 446 g/mol. The van der Waals surface area contributed by atoms with E-state index in [1.165, 1.54) is 10.4 Å². The van der Waals surface area contributed by atoms with Gasteiger partial charge in [-0.2, -0.15) is 0 Å². The molecule has 1 fully saturated rings. The van der Waals surface area contributed by atoms with Gasteiger partial charge in [0.15, 0.2) is 5.78 Å². The van der Waals surface area contributed by atoms with Crippen LogP contribution in [0.15, 0.2) is 95.5 Å². The molecule has 3 aromatic carbocycles. The largest absolute Gasteiger partial charge is 0.289 e. The Morgan fingerprint density at radius 1 is 0.875 bits per heavy atom. The van der Waals surface area contributed by atoms with Gasteiger partial charge < -0.3 is 0 Å². The first-order valence-electron chi connectivity index (χ1n) is 10.8. The summed E-state index contributed by atoms with van der Waals surface area (Å²) in [6, 6.07) is 23.4. The maximum atomic E-state index is 13.7. The van der Waals surface area contributed by atoms with Gasteiger partial charge in [-0.25, -0.2) is 8.42 Å². The van der Waals surface area contributed by atoms with E-state index in [1.54, 1.807) is 48.5 Å². The number of nitrogens with zero attached hydrogens (tertiary/aromatic N) is 1. The van der Waals surface area contributed by atoms with Crippen molar-refractivity contribution in [3.63, 3.8) is 0 Å². The number of hydrogen-bond acceptors (Lipinski definition) is 3. The van der Waals surface area contributed by atoms with E-state index in [2.05, 4.69) is 0 Å². The first-order valence-corrected chi connectivity index (χ1v) is 12.3. The van der Waals surface area contributed by atoms with Crippen LogP contribution < -0.4 is 0 Å². The molecule has 0 aromatic heterocycles. The molecule has 3 aromatic rings. The van der Waals surface area contributed by atoms with Gasteiger partial charge in [-0.3, -0.25) is 9.10 Å². The van der Waals surface area contributed by atoms with E-state index in [1.807, 2.05) is 51.1 Å². The van der Waals surface area contributed by atoms with E-state index >= 15 is 0 Å². The summed E-state index contributed by atoms with van der Waals surface area (Å²) in [6.07, 6.45) is 2.23. The minimum absolute atomic E-state index is 0.0643. The number of hydrogen-bond donors (Lipinski definition) is 0. The normalized spacial score (nSPS) is 19.6. The second-order valence-corrected chi connectivity index (χ2v) is 10.1. The first-order chi connectivity index (χ1) is 15.3. The van der Waals surface area contributed by atoms with Crippen LogP contribution in [-0.4, -0.2) is 18.5 Å². The van der Waals surface area contributed by atoms with Crippen molar-refractivity contribution in [2.45, 2.75) is 38.1 Å². The summed E-state index contributed by atoms with van der Waals surface area (Å²) >= 11 is 0. The number of sulfonamides is 1. The summed E-state index contributed by atoms with van der Waals surface area (Å²) in [5, 5.41) is 0. The Labute approximate surface area is 190 Å². The van der Waals surface area contributed by atoms with Crippen molar-refractivity contribution in [1.29, 1.82) is 0 Å². The summed E-state index contributed by atoms with van der Waals surface area (Å²) < 4.78 is 28.9. The lowest BCUT2D eigenvalue weighted by Crippen LogP contribution is -2.50. The molecule has 0 spiro atoms. The van der Waals surface area contributed by atoms with E-state index in [4.69, 9.17) is 0 Å². The Morgan fingerprint density at radius 2 is 1.44 bits per heavy atom. The van der Waals surface area contributed by atoms with Gasteiger partial charge in [-0.05, 0) is 38.0 Å². The number of ketones is 1. The molecule has 4 nitrogen and oxygen atoms in total. The number of rotatable bonds is 6. The molecular formula is C27H27NO3S. The molecule has 1 aliphatic heterocycles. The van der Waals surface area contributed by atoms with E-state index < -0.39 is 10.0 Å². The van der Waals surface area contributed by atoms with Gasteiger partial charge in [0.2, 0.25) is 0 Å². The Kier molecular flexibility index (Phi) is 6.02. The second kappa shape index (κ2) is 8.75. The van der Waals surface area contributed by atoms with Crippen LogP contribution in [0.3, 0.4) is 0 Å². The molecule has 0 bridgehead atoms. The molecule has 0 aliphatic carbocycles. The molecule has 5 heteroatoms. The van der Waals surface area contributed by atoms with Crippen LogP contribution in [0.4, 0.5) is 0 Å². The van der Waals surface area contributed by atoms with Gasteiger partial charge in [-0.15, -0.1) is 0 Å². The van der Waals surface area contributed by atoms with Crippen molar-refractivity contribution in [2.75, 3.05) is 0 Å². The standard InChI is InChI=1S/C27H27NO3S/c1-4-24-25(18-26(29)21-8-6-5-7-9-21)28(27(24)22-14-10-19(2)11-15-22)32(30,31)23-16-12-20(3)13-17-23/h5-18,24,27H,4H2,1-3H3/b25-18+/t24-,27+/m0/s1. The Balaban J connectivity index is 1.82. The lowest BCUT2D eigenvalue weighted by Gasteiger charge is -2.50. The third-order valence-electron chi connectivity index (χ3n) is 6.04. The van der Waals surface area contributed by atoms with Gasteiger partial charge in [0.25, 0.3) is 10.0 Å². The number of carbonyl (C=O) groups is 1. The number of benzene rings is 3. The summed E-state index contributed by atoms with van der Waals surface area (Å²) in [7, 11) is -3.83. The minimum atomic E-state index is -3.83. The maximum Gasteiger partial charge on any atom is 0.264 e. The van der Waals surface area contributed by atoms with Crippen LogP contribution in [-0.2, 0) is 10.0 Å². The van der Waals surface area contributed by atoms with Crippen molar-refractivity contribution in [3.05, 3.63) is 113 Å². The number of carbonyl (C=O) groups excluding carboxylic acids is 1. The number of allylic oxidation sites excluding steroid dienone is 1. The highest BCUT2D eigenvalue weighted by Gasteiger charge is 2.50. The lowest BCUT2D eigenvalue weighted by atomic mass is 9.80. The Bertz CT molecular complexity index is 1240. The molecule has 1 saturated heterocycles. The van der Waals surface area contributed by atoms with Crippen LogP contribution in [0.1, 0.15) is 46.4 Å². The molecular weight excluding hydrogens is 418 g/mol. The molecule has 0 unspecified atom stereocenters. The Morgan fingerprint density at radius 3 is 2.00 bits per heavy atom. The summed E-state index contributed by atoms with van der Waals surface area (Å²) in [4.78, 5) is 13.2. The van der Waals surface area contributed by atoms with Crippen LogP contribution >= 0.6 is 0 Å². The molecule has 4 rings (SSSR count). The maximum absolute atomic E-state index is 13.7. The van der Waals surface area contributed by atoms with Crippen LogP contribution in [0, 0.1) is 19.8 Å². The van der Waals surface area contributed by atoms with Crippen molar-refractivity contribution in [1.82, 2.24) is 4.31 Å². The van der Waals surface area contributed by atoms with Crippen LogP contribution in [0.5, 0.6) is 0 Å². The fourth-order valence-corrected chi connectivity index (χ4v) is 5.97. The SMILES string of the molecule is CC[C@H]1/C(=C\C(=O)c2ccccc2)N(S(=O)(=O)c2ccc(C)cc2)[C@@H]1c1ccc(C)cc1. The van der Waals surface area contributed by atoms with Crippen molar-refractivity contribution < 1.29 is 13.2 Å². The monoisotopic (exact) mass is 445 g/mol. The van der Waals surface area contributed by atoms with Gasteiger partial charge in [0, 0.05) is 23.3 Å². The highest BCUT2D eigenvalue weighted by molar-refractivity contribution is 7.89. The molecule has 1 aliphatic rings. The van der Waals surface area contributed by atoms with Crippen molar-refractivity contribution >= 4 is 15.8 Å². The second-order valence-electron chi connectivity index (χ2n) is 8.28. The molecule has 0 saturated carbocycles. The van der Waals surface area contributed by atoms with E-state index in [0.717, 1.165) is 23.1 Å². The fraction of sp³-hybridized carbons (Fsp3) is 0.222. The molecule has 0 radical (unpaired) electrons. The zero-order chi connectivity index (χ0) is 22.9. The third-order valence-corrected chi connectivity index (χ3v) is 7.87. The van der Waals surface area contributed by atoms with Crippen LogP contribution in [0.25, 0.3) is 0 Å². The van der Waals surface area contributed by atoms with Crippen molar-refractivity contribution in [2.24, 2.45) is 5.92 Å². The van der Waals surface area contributed by atoms with Gasteiger partial charge in [0.1, 0.15) is 0 Å². The smallest absolute Gasteiger partial charge is 0.264 e. The highest BCUT2D eigenvalue weighted by Crippen LogP contribution is 2.52. The van der Waals surface area contributed by atoms with Crippen LogP contribution in [0.2, 0.25) is 0 Å². The predicted octanol–water partition coefficient (Wildman–Crippen LogP) is 5.84. The zero-order valence-electron chi connectivity index (χ0n) is 18.5. The topological polar surface area (TPSA) is 54.5 Å². The fourth-order valence-electron chi connectivity index (χ4n) is 4.23. The summed E-state index contributed by atoms with van der Waals surface area (Å²) in [5.74, 6) is -0.254. The molecule has 32 heavy (non-hydrogen) atoms. The van der Waals surface area contributed by atoms with E-state index in [-0.39, 0.29) is 22.6 Å². The third kappa shape index (κ3) is 4.00. The predicted molar refractivity (Wildman–Crippen MR) is 127 cm³/mol. The molecule has 0 amide bonds. The van der Waals surface area contributed by atoms with E-state index in [0.29, 0.717) is 11.3 Å². The minimum Gasteiger partial charge on any atom is -0.289 e. The molecule has 164 valence electrons. The zero-order valence-corrected chi connectivity index (χ0v) is 19.3. The highest BCUT2D eigenvalue weighted by atomic mass is 32.2. The van der Waals surface area contributed by atoms with Gasteiger partial charge in [-0.1, -0.05) is 84.8 Å². The van der Waals surface area contributed by atoms with Crippen molar-refractivity contribution in [3.8, 4) is 0 Å². The molecule has 2 atom stereocenters. The summed E-state index contributed by atoms with van der Waals surface area (Å²) in [6.45, 7) is 5.96. The lowest BCUT2D eigenvalue weighted by molar-refractivity contribution is 0.103. The Hall–Kier alpha value is -3.18. The molecule has 0 N–H and O–H groups in total. The van der Waals surface area contributed by atoms with Gasteiger partial charge >= 0.3 is 0 Å². The van der Waals surface area contributed by atoms with Gasteiger partial charge in [0.05, 0.1) is 10.9 Å². The molecule has 1 heterocycles.